The predicted octanol–water partition coefficient (Wildman–Crippen LogP) is 1.19. The van der Waals surface area contributed by atoms with E-state index in [4.69, 9.17) is 10.2 Å². The van der Waals surface area contributed by atoms with Crippen LogP contribution in [0.5, 0.6) is 0 Å². The SMILES string of the molecule is CC(O)(Br)C(C)(O)Br. The highest BCUT2D eigenvalue weighted by atomic mass is 79.9. The molecular formula is C4H8Br2O2. The number of rotatable bonds is 1. The zero-order chi connectivity index (χ0) is 7.00. The molecule has 2 N–H and O–H groups in total. The van der Waals surface area contributed by atoms with Crippen LogP contribution in [0.15, 0.2) is 0 Å². The lowest BCUT2D eigenvalue weighted by Crippen LogP contribution is -2.39. The summed E-state index contributed by atoms with van der Waals surface area (Å²) in [5.74, 6) is 0. The number of halogens is 2. The Morgan fingerprint density at radius 2 is 1.12 bits per heavy atom. The first kappa shape index (κ1) is 8.88. The van der Waals surface area contributed by atoms with Crippen LogP contribution in [0.3, 0.4) is 0 Å². The molecule has 0 amide bonds. The second-order valence-corrected chi connectivity index (χ2v) is 5.00. The molecule has 0 spiro atoms. The number of hydrogen-bond donors (Lipinski definition) is 2. The van der Waals surface area contributed by atoms with Gasteiger partial charge in [-0.3, -0.25) is 0 Å². The summed E-state index contributed by atoms with van der Waals surface area (Å²) in [4.78, 5) is 0. The Labute approximate surface area is 65.2 Å². The minimum absolute atomic E-state index is 1.28. The monoisotopic (exact) mass is 246 g/mol. The summed E-state index contributed by atoms with van der Waals surface area (Å²) in [5, 5.41) is 17.9. The van der Waals surface area contributed by atoms with Crippen molar-refractivity contribution in [2.24, 2.45) is 0 Å². The summed E-state index contributed by atoms with van der Waals surface area (Å²) in [5.41, 5.74) is 0. The van der Waals surface area contributed by atoms with Crippen molar-refractivity contribution in [1.29, 1.82) is 0 Å². The lowest BCUT2D eigenvalue weighted by atomic mass is 10.3. The Morgan fingerprint density at radius 1 is 1.00 bits per heavy atom. The highest BCUT2D eigenvalue weighted by Gasteiger charge is 2.36. The zero-order valence-electron chi connectivity index (χ0n) is 4.65. The number of aliphatic hydroxyl groups is 2. The maximum Gasteiger partial charge on any atom is 0.154 e. The van der Waals surface area contributed by atoms with E-state index in [9.17, 15) is 0 Å². The first-order chi connectivity index (χ1) is 3.25. The fourth-order valence-corrected chi connectivity index (χ4v) is 0. The van der Waals surface area contributed by atoms with Crippen molar-refractivity contribution >= 4 is 31.9 Å². The molecule has 8 heavy (non-hydrogen) atoms. The smallest absolute Gasteiger partial charge is 0.154 e. The van der Waals surface area contributed by atoms with Crippen LogP contribution in [0.4, 0.5) is 0 Å². The van der Waals surface area contributed by atoms with Gasteiger partial charge in [0.1, 0.15) is 0 Å². The van der Waals surface area contributed by atoms with E-state index in [1.165, 1.54) is 13.8 Å². The number of alkyl halides is 2. The second kappa shape index (κ2) is 2.25. The van der Waals surface area contributed by atoms with Gasteiger partial charge in [0.05, 0.1) is 0 Å². The molecule has 0 aromatic rings. The van der Waals surface area contributed by atoms with Gasteiger partial charge in [-0.25, -0.2) is 0 Å². The Hall–Kier alpha value is 0.880. The quantitative estimate of drug-likeness (QED) is 0.684. The van der Waals surface area contributed by atoms with Gasteiger partial charge in [0.25, 0.3) is 0 Å². The standard InChI is InChI=1S/C4H8Br2O2/c1-3(5,7)4(2,6)8/h7-8H,1-2H3. The third kappa shape index (κ3) is 2.44. The topological polar surface area (TPSA) is 40.5 Å². The Morgan fingerprint density at radius 3 is 1.12 bits per heavy atom. The van der Waals surface area contributed by atoms with Crippen LogP contribution < -0.4 is 0 Å². The zero-order valence-corrected chi connectivity index (χ0v) is 7.82. The van der Waals surface area contributed by atoms with Crippen LogP contribution in [0, 0.1) is 0 Å². The van der Waals surface area contributed by atoms with Gasteiger partial charge in [0.2, 0.25) is 0 Å². The van der Waals surface area contributed by atoms with Gasteiger partial charge >= 0.3 is 0 Å². The Kier molecular flexibility index (Phi) is 2.50. The van der Waals surface area contributed by atoms with Crippen LogP contribution in [0.2, 0.25) is 0 Å². The van der Waals surface area contributed by atoms with E-state index >= 15 is 0 Å². The van der Waals surface area contributed by atoms with Crippen LogP contribution in [0.1, 0.15) is 13.8 Å². The van der Waals surface area contributed by atoms with E-state index < -0.39 is 9.02 Å². The Balaban J connectivity index is 4.02. The van der Waals surface area contributed by atoms with E-state index in [0.717, 1.165) is 0 Å². The van der Waals surface area contributed by atoms with E-state index in [1.54, 1.807) is 0 Å². The molecule has 0 heterocycles. The molecule has 0 saturated heterocycles. The van der Waals surface area contributed by atoms with Crippen LogP contribution in [-0.4, -0.2) is 19.2 Å². The van der Waals surface area contributed by atoms with E-state index in [0.29, 0.717) is 0 Å². The fraction of sp³-hybridized carbons (Fsp3) is 1.00. The summed E-state index contributed by atoms with van der Waals surface area (Å²) in [6.45, 7) is 2.89. The highest BCUT2D eigenvalue weighted by Crippen LogP contribution is 2.32. The normalized spacial score (nSPS) is 26.2. The van der Waals surface area contributed by atoms with E-state index in [1.807, 2.05) is 0 Å². The van der Waals surface area contributed by atoms with E-state index in [-0.39, 0.29) is 0 Å². The third-order valence-corrected chi connectivity index (χ3v) is 2.91. The van der Waals surface area contributed by atoms with Crippen molar-refractivity contribution < 1.29 is 10.2 Å². The molecule has 0 saturated carbocycles. The maximum atomic E-state index is 8.97. The van der Waals surface area contributed by atoms with Gasteiger partial charge in [0, 0.05) is 0 Å². The van der Waals surface area contributed by atoms with Crippen LogP contribution in [-0.2, 0) is 0 Å². The van der Waals surface area contributed by atoms with Crippen molar-refractivity contribution in [3.05, 3.63) is 0 Å². The molecule has 0 bridgehead atoms. The van der Waals surface area contributed by atoms with Crippen molar-refractivity contribution in [2.75, 3.05) is 0 Å². The molecule has 2 nitrogen and oxygen atoms in total. The highest BCUT2D eigenvalue weighted by molar-refractivity contribution is 9.12. The average Bonchev–Trinajstić information content (AvgIpc) is 1.25. The first-order valence-corrected chi connectivity index (χ1v) is 3.66. The van der Waals surface area contributed by atoms with Gasteiger partial charge in [-0.1, -0.05) is 31.9 Å². The van der Waals surface area contributed by atoms with Crippen molar-refractivity contribution in [3.8, 4) is 0 Å². The molecule has 2 unspecified atom stereocenters. The van der Waals surface area contributed by atoms with Gasteiger partial charge in [-0.05, 0) is 13.8 Å². The van der Waals surface area contributed by atoms with Crippen LogP contribution in [0.25, 0.3) is 0 Å². The summed E-state index contributed by atoms with van der Waals surface area (Å²) < 4.78 is -2.56. The lowest BCUT2D eigenvalue weighted by Gasteiger charge is -2.27. The van der Waals surface area contributed by atoms with Crippen LogP contribution >= 0.6 is 31.9 Å². The molecule has 0 aromatic carbocycles. The van der Waals surface area contributed by atoms with E-state index in [2.05, 4.69) is 31.9 Å². The fourth-order valence-electron chi connectivity index (χ4n) is 0. The summed E-state index contributed by atoms with van der Waals surface area (Å²) in [6, 6.07) is 0. The van der Waals surface area contributed by atoms with Gasteiger partial charge < -0.3 is 10.2 Å². The maximum absolute atomic E-state index is 8.97. The van der Waals surface area contributed by atoms with Gasteiger partial charge in [-0.15, -0.1) is 0 Å². The van der Waals surface area contributed by atoms with Crippen molar-refractivity contribution in [2.45, 2.75) is 22.9 Å². The summed E-state index contributed by atoms with van der Waals surface area (Å²) in [7, 11) is 0. The molecule has 2 atom stereocenters. The van der Waals surface area contributed by atoms with Crippen molar-refractivity contribution in [1.82, 2.24) is 0 Å². The molecular weight excluding hydrogens is 240 g/mol. The molecule has 4 heteroatoms. The molecule has 0 aromatic heterocycles. The average molecular weight is 248 g/mol. The third-order valence-electron chi connectivity index (χ3n) is 0.833. The Bertz CT molecular complexity index is 67.0. The molecule has 0 aliphatic heterocycles. The predicted molar refractivity (Wildman–Crippen MR) is 39.1 cm³/mol. The van der Waals surface area contributed by atoms with Gasteiger partial charge in [-0.2, -0.15) is 0 Å². The molecule has 0 fully saturated rings. The molecule has 0 aliphatic carbocycles. The van der Waals surface area contributed by atoms with Crippen molar-refractivity contribution in [3.63, 3.8) is 0 Å². The largest absolute Gasteiger partial charge is 0.375 e. The summed E-state index contributed by atoms with van der Waals surface area (Å²) in [6.07, 6.45) is 0. The molecule has 0 radical (unpaired) electrons. The minimum atomic E-state index is -1.28. The summed E-state index contributed by atoms with van der Waals surface area (Å²) >= 11 is 5.72. The molecule has 50 valence electrons. The van der Waals surface area contributed by atoms with Gasteiger partial charge in [0.15, 0.2) is 9.02 Å². The number of hydrogen-bond acceptors (Lipinski definition) is 2. The first-order valence-electron chi connectivity index (χ1n) is 2.08. The molecule has 0 aliphatic rings. The lowest BCUT2D eigenvalue weighted by molar-refractivity contribution is 0.00278. The minimum Gasteiger partial charge on any atom is -0.375 e. The molecule has 0 rings (SSSR count). The second-order valence-electron chi connectivity index (χ2n) is 1.91.